The highest BCUT2D eigenvalue weighted by molar-refractivity contribution is 6.04. The smallest absolute Gasteiger partial charge is 0.255 e. The molecule has 0 saturated heterocycles. The summed E-state index contributed by atoms with van der Waals surface area (Å²) in [5, 5.41) is 11.7. The van der Waals surface area contributed by atoms with E-state index in [0.717, 1.165) is 37.1 Å². The van der Waals surface area contributed by atoms with Crippen molar-refractivity contribution in [1.29, 1.82) is 5.26 Å². The number of benzene rings is 2. The molecule has 2 aliphatic rings. The fourth-order valence-corrected chi connectivity index (χ4v) is 3.31. The van der Waals surface area contributed by atoms with Crippen LogP contribution in [0, 0.1) is 17.2 Å². The predicted molar refractivity (Wildman–Crippen MR) is 97.4 cm³/mol. The Morgan fingerprint density at radius 3 is 2.54 bits per heavy atom. The molecule has 0 radical (unpaired) electrons. The van der Waals surface area contributed by atoms with Crippen molar-refractivity contribution in [3.05, 3.63) is 64.7 Å². The van der Waals surface area contributed by atoms with Crippen LogP contribution in [-0.2, 0) is 17.8 Å². The van der Waals surface area contributed by atoms with Crippen molar-refractivity contribution >= 4 is 17.5 Å². The number of hydrogen-bond acceptors (Lipinski definition) is 3. The average molecular weight is 345 g/mol. The molecular formula is C21H19N3O2. The van der Waals surface area contributed by atoms with Crippen LogP contribution in [0.2, 0.25) is 0 Å². The molecule has 0 bridgehead atoms. The molecule has 26 heavy (non-hydrogen) atoms. The number of amides is 2. The van der Waals surface area contributed by atoms with Crippen LogP contribution in [0.3, 0.4) is 0 Å². The van der Waals surface area contributed by atoms with Gasteiger partial charge in [0.05, 0.1) is 11.6 Å². The molecule has 0 spiro atoms. The van der Waals surface area contributed by atoms with E-state index in [9.17, 15) is 9.59 Å². The van der Waals surface area contributed by atoms with Gasteiger partial charge in [-0.15, -0.1) is 0 Å². The van der Waals surface area contributed by atoms with Gasteiger partial charge in [-0.3, -0.25) is 9.59 Å². The fraction of sp³-hybridized carbons (Fsp3) is 0.286. The van der Waals surface area contributed by atoms with E-state index < -0.39 is 0 Å². The topological polar surface area (TPSA) is 73.2 Å². The molecule has 0 unspecified atom stereocenters. The van der Waals surface area contributed by atoms with Gasteiger partial charge in [-0.05, 0) is 66.8 Å². The standard InChI is InChI=1S/C21H19N3O2/c22-12-14-1-3-16(4-2-14)20(25)23-19-8-7-15-9-10-24(13-18(15)11-19)21(26)17-5-6-17/h1-4,7-8,11,17H,5-6,9-10,13H2,(H,23,25). The van der Waals surface area contributed by atoms with E-state index in [-0.39, 0.29) is 17.7 Å². The van der Waals surface area contributed by atoms with Crippen molar-refractivity contribution in [2.24, 2.45) is 5.92 Å². The van der Waals surface area contributed by atoms with E-state index in [2.05, 4.69) is 5.32 Å². The van der Waals surface area contributed by atoms with Gasteiger partial charge >= 0.3 is 0 Å². The zero-order valence-corrected chi connectivity index (χ0v) is 14.4. The van der Waals surface area contributed by atoms with Gasteiger partial charge in [0.25, 0.3) is 5.91 Å². The molecule has 5 nitrogen and oxygen atoms in total. The Morgan fingerprint density at radius 2 is 1.85 bits per heavy atom. The molecule has 2 aromatic rings. The van der Waals surface area contributed by atoms with Crippen molar-refractivity contribution in [3.8, 4) is 6.07 Å². The van der Waals surface area contributed by atoms with Crippen LogP contribution >= 0.6 is 0 Å². The van der Waals surface area contributed by atoms with Crippen molar-refractivity contribution < 1.29 is 9.59 Å². The second kappa shape index (κ2) is 6.64. The van der Waals surface area contributed by atoms with Crippen LogP contribution in [0.15, 0.2) is 42.5 Å². The third-order valence-electron chi connectivity index (χ3n) is 4.99. The second-order valence-electron chi connectivity index (χ2n) is 6.91. The number of anilines is 1. The molecule has 4 rings (SSSR count). The van der Waals surface area contributed by atoms with Crippen molar-refractivity contribution in [2.45, 2.75) is 25.8 Å². The predicted octanol–water partition coefficient (Wildman–Crippen LogP) is 3.11. The van der Waals surface area contributed by atoms with Gasteiger partial charge in [-0.25, -0.2) is 0 Å². The summed E-state index contributed by atoms with van der Waals surface area (Å²) in [6.07, 6.45) is 2.89. The van der Waals surface area contributed by atoms with Crippen molar-refractivity contribution in [1.82, 2.24) is 4.90 Å². The van der Waals surface area contributed by atoms with Crippen LogP contribution in [0.5, 0.6) is 0 Å². The molecule has 1 aliphatic carbocycles. The summed E-state index contributed by atoms with van der Waals surface area (Å²) in [7, 11) is 0. The first-order valence-corrected chi connectivity index (χ1v) is 8.86. The lowest BCUT2D eigenvalue weighted by Crippen LogP contribution is -2.36. The normalized spacial score (nSPS) is 15.7. The summed E-state index contributed by atoms with van der Waals surface area (Å²) in [6, 6.07) is 14.5. The number of fused-ring (bicyclic) bond motifs is 1. The van der Waals surface area contributed by atoms with Gasteiger partial charge in [-0.2, -0.15) is 5.26 Å². The Labute approximate surface area is 152 Å². The molecule has 130 valence electrons. The molecule has 1 saturated carbocycles. The lowest BCUT2D eigenvalue weighted by molar-refractivity contribution is -0.133. The van der Waals surface area contributed by atoms with Crippen LogP contribution < -0.4 is 5.32 Å². The number of hydrogen-bond donors (Lipinski definition) is 1. The minimum atomic E-state index is -0.212. The van der Waals surface area contributed by atoms with E-state index in [1.807, 2.05) is 29.2 Å². The number of nitrogens with one attached hydrogen (secondary N) is 1. The van der Waals surface area contributed by atoms with E-state index in [1.165, 1.54) is 5.56 Å². The summed E-state index contributed by atoms with van der Waals surface area (Å²) in [4.78, 5) is 26.6. The highest BCUT2D eigenvalue weighted by Gasteiger charge is 2.34. The molecule has 2 aromatic carbocycles. The Kier molecular flexibility index (Phi) is 4.18. The first-order valence-electron chi connectivity index (χ1n) is 8.86. The third-order valence-corrected chi connectivity index (χ3v) is 4.99. The quantitative estimate of drug-likeness (QED) is 0.929. The number of nitrogens with zero attached hydrogens (tertiary/aromatic N) is 2. The first-order chi connectivity index (χ1) is 12.6. The van der Waals surface area contributed by atoms with Gasteiger partial charge in [0.1, 0.15) is 0 Å². The lowest BCUT2D eigenvalue weighted by Gasteiger charge is -2.29. The summed E-state index contributed by atoms with van der Waals surface area (Å²) < 4.78 is 0. The zero-order valence-electron chi connectivity index (χ0n) is 14.4. The van der Waals surface area contributed by atoms with Crippen molar-refractivity contribution in [2.75, 3.05) is 11.9 Å². The van der Waals surface area contributed by atoms with Crippen LogP contribution in [0.4, 0.5) is 5.69 Å². The van der Waals surface area contributed by atoms with Gasteiger partial charge in [0, 0.05) is 30.3 Å². The second-order valence-corrected chi connectivity index (χ2v) is 6.91. The highest BCUT2D eigenvalue weighted by Crippen LogP contribution is 2.33. The van der Waals surface area contributed by atoms with E-state index in [0.29, 0.717) is 17.7 Å². The average Bonchev–Trinajstić information content (AvgIpc) is 3.52. The maximum absolute atomic E-state index is 12.4. The fourth-order valence-electron chi connectivity index (χ4n) is 3.31. The van der Waals surface area contributed by atoms with E-state index in [1.54, 1.807) is 24.3 Å². The van der Waals surface area contributed by atoms with Gasteiger partial charge in [-0.1, -0.05) is 6.07 Å². The van der Waals surface area contributed by atoms with Crippen LogP contribution in [0.1, 0.15) is 39.9 Å². The van der Waals surface area contributed by atoms with E-state index in [4.69, 9.17) is 5.26 Å². The Hall–Kier alpha value is -3.13. The third kappa shape index (κ3) is 3.31. The lowest BCUT2D eigenvalue weighted by atomic mass is 9.98. The molecule has 5 heteroatoms. The Bertz CT molecular complexity index is 908. The van der Waals surface area contributed by atoms with Crippen molar-refractivity contribution in [3.63, 3.8) is 0 Å². The molecular weight excluding hydrogens is 326 g/mol. The Morgan fingerprint density at radius 1 is 1.08 bits per heavy atom. The minimum absolute atomic E-state index is 0.212. The number of nitriles is 1. The summed E-state index contributed by atoms with van der Waals surface area (Å²) in [5.41, 5.74) is 4.09. The first kappa shape index (κ1) is 16.3. The maximum atomic E-state index is 12.4. The molecule has 0 aromatic heterocycles. The number of rotatable bonds is 3. The highest BCUT2D eigenvalue weighted by atomic mass is 16.2. The largest absolute Gasteiger partial charge is 0.338 e. The Balaban J connectivity index is 1.48. The van der Waals surface area contributed by atoms with Gasteiger partial charge < -0.3 is 10.2 Å². The minimum Gasteiger partial charge on any atom is -0.338 e. The summed E-state index contributed by atoms with van der Waals surface area (Å²) >= 11 is 0. The summed E-state index contributed by atoms with van der Waals surface area (Å²) in [6.45, 7) is 1.39. The number of carbonyl (C=O) groups excluding carboxylic acids is 2. The molecule has 1 fully saturated rings. The molecule has 0 atom stereocenters. The molecule has 1 N–H and O–H groups in total. The molecule has 1 heterocycles. The van der Waals surface area contributed by atoms with Crippen LogP contribution in [0.25, 0.3) is 0 Å². The van der Waals surface area contributed by atoms with E-state index >= 15 is 0 Å². The zero-order chi connectivity index (χ0) is 18.1. The maximum Gasteiger partial charge on any atom is 0.255 e. The monoisotopic (exact) mass is 345 g/mol. The van der Waals surface area contributed by atoms with Gasteiger partial charge in [0.15, 0.2) is 0 Å². The SMILES string of the molecule is N#Cc1ccc(C(=O)Nc2ccc3c(c2)CN(C(=O)C2CC2)CC3)cc1. The van der Waals surface area contributed by atoms with Crippen LogP contribution in [-0.4, -0.2) is 23.3 Å². The van der Waals surface area contributed by atoms with Gasteiger partial charge in [0.2, 0.25) is 5.91 Å². The molecule has 1 aliphatic heterocycles. The molecule has 2 amide bonds. The number of carbonyl (C=O) groups is 2. The summed E-state index contributed by atoms with van der Waals surface area (Å²) in [5.74, 6) is 0.287.